The maximum absolute atomic E-state index is 14.0. The first-order valence-corrected chi connectivity index (χ1v) is 19.3. The van der Waals surface area contributed by atoms with Crippen molar-refractivity contribution in [3.8, 4) is 0 Å². The summed E-state index contributed by atoms with van der Waals surface area (Å²) in [5, 5.41) is 10.6. The van der Waals surface area contributed by atoms with E-state index in [9.17, 15) is 14.7 Å². The first-order chi connectivity index (χ1) is 23.1. The Kier molecular flexibility index (Phi) is 10.0. The Morgan fingerprint density at radius 2 is 1.77 bits per heavy atom. The molecular weight excluding hydrogens is 619 g/mol. The van der Waals surface area contributed by atoms with Crippen LogP contribution in [-0.2, 0) is 12.8 Å². The number of rotatable bonds is 10. The van der Waals surface area contributed by atoms with E-state index in [4.69, 9.17) is 9.97 Å². The zero-order valence-electron chi connectivity index (χ0n) is 29.1. The first-order valence-electron chi connectivity index (χ1n) is 18.4. The van der Waals surface area contributed by atoms with Crippen molar-refractivity contribution in [2.45, 2.75) is 90.6 Å². The number of aliphatic hydroxyl groups is 1. The minimum absolute atomic E-state index is 0.0304. The number of fused-ring (bicyclic) bond motifs is 2. The first kappa shape index (κ1) is 33.8. The molecule has 0 unspecified atom stereocenters. The highest BCUT2D eigenvalue weighted by Crippen LogP contribution is 2.38. The fourth-order valence-corrected chi connectivity index (χ4v) is 9.23. The standard InChI is InChI=1S/C39H53N5O3S/c1-39(2,3)31-9-10-33-30(20-31)21-34-36(40-33)48-37(41-34)35(46)22-28(11-16-42-17-12-32(45)13-18-42)27-7-6-8-29(19-27)38(47)44-24-26(25-44)23-43-14-4-5-15-43/h6-8,19,21,26,28,31-32,45H,4-5,9-18,20,22-25H2,1-3H3/t28-,31-/m0/s1. The lowest BCUT2D eigenvalue weighted by molar-refractivity contribution is 0.0433. The lowest BCUT2D eigenvalue weighted by atomic mass is 9.71. The van der Waals surface area contributed by atoms with Gasteiger partial charge in [-0.2, -0.15) is 0 Å². The molecule has 3 aliphatic heterocycles. The molecule has 1 aromatic carbocycles. The van der Waals surface area contributed by atoms with Crippen molar-refractivity contribution in [2.24, 2.45) is 17.3 Å². The second-order valence-electron chi connectivity index (χ2n) is 16.1. The summed E-state index contributed by atoms with van der Waals surface area (Å²) in [7, 11) is 0. The van der Waals surface area contributed by atoms with Crippen LogP contribution in [0.4, 0.5) is 0 Å². The lowest BCUT2D eigenvalue weighted by Crippen LogP contribution is -2.53. The minimum atomic E-state index is -0.213. The Labute approximate surface area is 289 Å². The van der Waals surface area contributed by atoms with E-state index in [1.165, 1.54) is 48.5 Å². The second-order valence-corrected chi connectivity index (χ2v) is 17.1. The summed E-state index contributed by atoms with van der Waals surface area (Å²) in [5.41, 5.74) is 5.31. The topological polar surface area (TPSA) is 89.9 Å². The van der Waals surface area contributed by atoms with Gasteiger partial charge >= 0.3 is 0 Å². The number of aromatic nitrogens is 2. The van der Waals surface area contributed by atoms with Crippen LogP contribution in [0.1, 0.15) is 109 Å². The van der Waals surface area contributed by atoms with Crippen molar-refractivity contribution >= 4 is 33.4 Å². The Bertz CT molecular complexity index is 1610. The van der Waals surface area contributed by atoms with Gasteiger partial charge < -0.3 is 19.8 Å². The monoisotopic (exact) mass is 671 g/mol. The van der Waals surface area contributed by atoms with Gasteiger partial charge in [0, 0.05) is 56.3 Å². The summed E-state index contributed by atoms with van der Waals surface area (Å²) in [6, 6.07) is 10.2. The predicted octanol–water partition coefficient (Wildman–Crippen LogP) is 6.21. The predicted molar refractivity (Wildman–Crippen MR) is 192 cm³/mol. The van der Waals surface area contributed by atoms with E-state index in [2.05, 4.69) is 42.7 Å². The maximum Gasteiger partial charge on any atom is 0.253 e. The molecule has 0 radical (unpaired) electrons. The van der Waals surface area contributed by atoms with E-state index in [0.29, 0.717) is 28.8 Å². The fourth-order valence-electron chi connectivity index (χ4n) is 8.34. The number of Topliss-reactive ketones (excluding diaryl/α,β-unsaturated/α-hetero) is 1. The number of ketones is 1. The van der Waals surface area contributed by atoms with Gasteiger partial charge in [0.25, 0.3) is 5.91 Å². The number of aryl methyl sites for hydroxylation is 1. The van der Waals surface area contributed by atoms with Gasteiger partial charge in [-0.25, -0.2) is 9.97 Å². The molecule has 0 spiro atoms. The van der Waals surface area contributed by atoms with E-state index in [1.54, 1.807) is 0 Å². The third-order valence-corrected chi connectivity index (χ3v) is 12.6. The number of aliphatic hydroxyl groups excluding tert-OH is 1. The number of hydrogen-bond acceptors (Lipinski definition) is 8. The average molecular weight is 672 g/mol. The van der Waals surface area contributed by atoms with Crippen LogP contribution in [0.5, 0.6) is 0 Å². The number of nitrogens with zero attached hydrogens (tertiary/aromatic N) is 5. The maximum atomic E-state index is 14.0. The summed E-state index contributed by atoms with van der Waals surface area (Å²) in [4.78, 5) is 45.1. The van der Waals surface area contributed by atoms with Crippen LogP contribution in [0.15, 0.2) is 30.3 Å². The van der Waals surface area contributed by atoms with Crippen molar-refractivity contribution in [3.05, 3.63) is 57.7 Å². The van der Waals surface area contributed by atoms with Crippen LogP contribution in [-0.4, -0.2) is 99.9 Å². The molecule has 2 aromatic heterocycles. The summed E-state index contributed by atoms with van der Waals surface area (Å²) in [6.45, 7) is 14.7. The van der Waals surface area contributed by atoms with Gasteiger partial charge in [0.1, 0.15) is 10.3 Å². The quantitative estimate of drug-likeness (QED) is 0.256. The molecule has 3 aromatic rings. The molecule has 0 saturated carbocycles. The van der Waals surface area contributed by atoms with Crippen LogP contribution >= 0.6 is 11.3 Å². The average Bonchev–Trinajstić information content (AvgIpc) is 3.73. The number of hydrogen-bond donors (Lipinski definition) is 1. The highest BCUT2D eigenvalue weighted by atomic mass is 32.1. The molecule has 1 amide bonds. The number of piperidine rings is 1. The Morgan fingerprint density at radius 3 is 2.52 bits per heavy atom. The van der Waals surface area contributed by atoms with Gasteiger partial charge in [0.2, 0.25) is 0 Å². The number of pyridine rings is 1. The molecule has 0 bridgehead atoms. The largest absolute Gasteiger partial charge is 0.393 e. The van der Waals surface area contributed by atoms with Gasteiger partial charge in [0.15, 0.2) is 10.8 Å². The fraction of sp³-hybridized carbons (Fsp3) is 0.641. The Balaban J connectivity index is 1.06. The molecule has 7 rings (SSSR count). The van der Waals surface area contributed by atoms with Crippen LogP contribution in [0.3, 0.4) is 0 Å². The molecule has 1 N–H and O–H groups in total. The molecule has 1 aliphatic carbocycles. The smallest absolute Gasteiger partial charge is 0.253 e. The highest BCUT2D eigenvalue weighted by Gasteiger charge is 2.34. The molecule has 2 atom stereocenters. The van der Waals surface area contributed by atoms with E-state index in [1.807, 2.05) is 23.1 Å². The van der Waals surface area contributed by atoms with Crippen molar-refractivity contribution < 1.29 is 14.7 Å². The molecule has 3 saturated heterocycles. The van der Waals surface area contributed by atoms with E-state index >= 15 is 0 Å². The number of likely N-dealkylation sites (tertiary alicyclic amines) is 3. The third kappa shape index (κ3) is 7.69. The van der Waals surface area contributed by atoms with Crippen LogP contribution < -0.4 is 0 Å². The Morgan fingerprint density at radius 1 is 1.00 bits per heavy atom. The molecule has 48 heavy (non-hydrogen) atoms. The highest BCUT2D eigenvalue weighted by molar-refractivity contribution is 7.19. The zero-order valence-corrected chi connectivity index (χ0v) is 29.9. The summed E-state index contributed by atoms with van der Waals surface area (Å²) in [6.07, 6.45) is 8.27. The molecule has 4 aliphatic rings. The van der Waals surface area contributed by atoms with Crippen LogP contribution in [0.25, 0.3) is 10.3 Å². The number of thiazole rings is 1. The number of carbonyl (C=O) groups excluding carboxylic acids is 2. The van der Waals surface area contributed by atoms with E-state index < -0.39 is 0 Å². The molecular formula is C39H53N5O3S. The van der Waals surface area contributed by atoms with Crippen molar-refractivity contribution in [1.82, 2.24) is 24.7 Å². The number of benzene rings is 1. The number of amides is 1. The summed E-state index contributed by atoms with van der Waals surface area (Å²) in [5.74, 6) is 1.30. The molecule has 5 heterocycles. The normalized spacial score (nSPS) is 22.2. The van der Waals surface area contributed by atoms with Crippen molar-refractivity contribution in [2.75, 3.05) is 52.4 Å². The van der Waals surface area contributed by atoms with Gasteiger partial charge in [-0.3, -0.25) is 9.59 Å². The van der Waals surface area contributed by atoms with E-state index in [0.717, 1.165) is 93.7 Å². The van der Waals surface area contributed by atoms with Crippen LogP contribution in [0, 0.1) is 17.3 Å². The zero-order chi connectivity index (χ0) is 33.4. The summed E-state index contributed by atoms with van der Waals surface area (Å²) >= 11 is 1.43. The number of carbonyl (C=O) groups is 2. The SMILES string of the molecule is CC(C)(C)[C@H]1CCc2nc3sc(C(=O)C[C@H](CCN4CCC(O)CC4)c4cccc(C(=O)N5CC(CN6CCCC6)C5)c4)nc3cc2C1. The summed E-state index contributed by atoms with van der Waals surface area (Å²) < 4.78 is 0. The van der Waals surface area contributed by atoms with Crippen molar-refractivity contribution in [1.29, 1.82) is 0 Å². The minimum Gasteiger partial charge on any atom is -0.393 e. The molecule has 3 fully saturated rings. The van der Waals surface area contributed by atoms with Gasteiger partial charge in [-0.1, -0.05) is 44.2 Å². The van der Waals surface area contributed by atoms with Gasteiger partial charge in [0.05, 0.1) is 6.10 Å². The van der Waals surface area contributed by atoms with E-state index in [-0.39, 0.29) is 29.1 Å². The van der Waals surface area contributed by atoms with Gasteiger partial charge in [-0.15, -0.1) is 0 Å². The molecule has 8 nitrogen and oxygen atoms in total. The van der Waals surface area contributed by atoms with Crippen molar-refractivity contribution in [3.63, 3.8) is 0 Å². The van der Waals surface area contributed by atoms with Crippen LogP contribution in [0.2, 0.25) is 0 Å². The third-order valence-electron chi connectivity index (χ3n) is 11.6. The van der Waals surface area contributed by atoms with Gasteiger partial charge in [-0.05, 0) is 118 Å². The Hall–Kier alpha value is -2.72. The lowest BCUT2D eigenvalue weighted by Gasteiger charge is -2.41. The second kappa shape index (κ2) is 14.3. The molecule has 9 heteroatoms. The molecule has 258 valence electrons.